The van der Waals surface area contributed by atoms with Gasteiger partial charge in [-0.2, -0.15) is 5.26 Å². The fourth-order valence-electron chi connectivity index (χ4n) is 2.89. The molecule has 0 aliphatic rings. The second-order valence-electron chi connectivity index (χ2n) is 6.97. The molecule has 3 aromatic rings. The lowest BCUT2D eigenvalue weighted by Crippen LogP contribution is -2.14. The van der Waals surface area contributed by atoms with Crippen LogP contribution in [0, 0.1) is 25.2 Å². The van der Waals surface area contributed by atoms with Crippen LogP contribution in [0.25, 0.3) is 6.08 Å². The van der Waals surface area contributed by atoms with Gasteiger partial charge < -0.3 is 10.1 Å². The van der Waals surface area contributed by atoms with Gasteiger partial charge in [0.25, 0.3) is 5.91 Å². The number of ether oxygens (including phenoxy) is 1. The lowest BCUT2D eigenvalue weighted by atomic mass is 10.1. The van der Waals surface area contributed by atoms with Crippen LogP contribution in [0.2, 0.25) is 10.0 Å². The molecule has 0 saturated heterocycles. The maximum Gasteiger partial charge on any atom is 0.266 e. The zero-order chi connectivity index (χ0) is 22.4. The Morgan fingerprint density at radius 1 is 1.06 bits per heavy atom. The highest BCUT2D eigenvalue weighted by Crippen LogP contribution is 2.27. The quantitative estimate of drug-likeness (QED) is 0.334. The van der Waals surface area contributed by atoms with E-state index in [9.17, 15) is 10.1 Å². The Morgan fingerprint density at radius 3 is 2.48 bits per heavy atom. The number of nitrogens with zero attached hydrogens (tertiary/aromatic N) is 1. The number of amides is 1. The van der Waals surface area contributed by atoms with E-state index >= 15 is 0 Å². The van der Waals surface area contributed by atoms with Gasteiger partial charge >= 0.3 is 0 Å². The highest BCUT2D eigenvalue weighted by molar-refractivity contribution is 6.31. The molecule has 1 N–H and O–H groups in total. The minimum atomic E-state index is -0.500. The van der Waals surface area contributed by atoms with Crippen LogP contribution < -0.4 is 10.1 Å². The smallest absolute Gasteiger partial charge is 0.266 e. The molecule has 0 unspecified atom stereocenters. The molecule has 3 rings (SSSR count). The summed E-state index contributed by atoms with van der Waals surface area (Å²) in [7, 11) is 0. The highest BCUT2D eigenvalue weighted by atomic mass is 35.5. The van der Waals surface area contributed by atoms with Crippen molar-refractivity contribution in [2.24, 2.45) is 0 Å². The monoisotopic (exact) mass is 450 g/mol. The molecule has 4 nitrogen and oxygen atoms in total. The van der Waals surface area contributed by atoms with Gasteiger partial charge in [-0.3, -0.25) is 4.79 Å². The number of benzene rings is 3. The maximum atomic E-state index is 12.7. The summed E-state index contributed by atoms with van der Waals surface area (Å²) in [4.78, 5) is 12.7. The Balaban J connectivity index is 1.84. The van der Waals surface area contributed by atoms with Gasteiger partial charge in [0, 0.05) is 21.3 Å². The Hall–Kier alpha value is -3.26. The summed E-state index contributed by atoms with van der Waals surface area (Å²) in [5, 5.41) is 13.5. The van der Waals surface area contributed by atoms with Crippen molar-refractivity contribution in [1.82, 2.24) is 0 Å². The maximum absolute atomic E-state index is 12.7. The van der Waals surface area contributed by atoms with Gasteiger partial charge in [-0.15, -0.1) is 0 Å². The molecule has 0 heterocycles. The number of rotatable bonds is 6. The fourth-order valence-corrected chi connectivity index (χ4v) is 3.19. The summed E-state index contributed by atoms with van der Waals surface area (Å²) in [5.41, 5.74) is 4.07. The predicted molar refractivity (Wildman–Crippen MR) is 125 cm³/mol. The van der Waals surface area contributed by atoms with Crippen LogP contribution in [-0.2, 0) is 11.4 Å². The van der Waals surface area contributed by atoms with Crippen molar-refractivity contribution in [3.8, 4) is 11.8 Å². The molecule has 0 aromatic heterocycles. The van der Waals surface area contributed by atoms with Crippen molar-refractivity contribution >= 4 is 40.9 Å². The van der Waals surface area contributed by atoms with Crippen molar-refractivity contribution in [1.29, 1.82) is 5.26 Å². The summed E-state index contributed by atoms with van der Waals surface area (Å²) in [5.74, 6) is 0.00598. The summed E-state index contributed by atoms with van der Waals surface area (Å²) in [6, 6.07) is 19.9. The number of anilines is 1. The molecule has 0 fully saturated rings. The van der Waals surface area contributed by atoms with Crippen LogP contribution in [-0.4, -0.2) is 5.91 Å². The highest BCUT2D eigenvalue weighted by Gasteiger charge is 2.13. The standard InChI is InChI=1S/C25H20Cl2N2O2/c1-16-4-3-5-23(17(16)2)29-25(30)20(14-28)12-19-13-22(27)10-11-24(19)31-15-18-6-8-21(26)9-7-18/h3-13H,15H2,1-2H3,(H,29,30)/b20-12+. The predicted octanol–water partition coefficient (Wildman–Crippen LogP) is 6.73. The van der Waals surface area contributed by atoms with Gasteiger partial charge in [0.05, 0.1) is 0 Å². The summed E-state index contributed by atoms with van der Waals surface area (Å²) >= 11 is 12.1. The van der Waals surface area contributed by atoms with E-state index in [1.807, 2.05) is 44.2 Å². The third-order valence-corrected chi connectivity index (χ3v) is 5.28. The Kier molecular flexibility index (Phi) is 7.36. The Morgan fingerprint density at radius 2 is 1.77 bits per heavy atom. The van der Waals surface area contributed by atoms with Gasteiger partial charge in [-0.1, -0.05) is 47.5 Å². The lowest BCUT2D eigenvalue weighted by Gasteiger charge is -2.12. The molecule has 6 heteroatoms. The first kappa shape index (κ1) is 22.4. The number of hydrogen-bond donors (Lipinski definition) is 1. The summed E-state index contributed by atoms with van der Waals surface area (Å²) in [6.45, 7) is 4.18. The number of carbonyl (C=O) groups excluding carboxylic acids is 1. The van der Waals surface area contributed by atoms with E-state index in [0.717, 1.165) is 16.7 Å². The SMILES string of the molecule is Cc1cccc(NC(=O)/C(C#N)=C/c2cc(Cl)ccc2OCc2ccc(Cl)cc2)c1C. The first-order valence-corrected chi connectivity index (χ1v) is 10.3. The third-order valence-electron chi connectivity index (χ3n) is 4.80. The first-order chi connectivity index (χ1) is 14.9. The van der Waals surface area contributed by atoms with E-state index in [4.69, 9.17) is 27.9 Å². The van der Waals surface area contributed by atoms with E-state index in [-0.39, 0.29) is 5.57 Å². The first-order valence-electron chi connectivity index (χ1n) is 9.53. The van der Waals surface area contributed by atoms with Gasteiger partial charge in [-0.25, -0.2) is 0 Å². The number of nitriles is 1. The zero-order valence-electron chi connectivity index (χ0n) is 17.1. The van der Waals surface area contributed by atoms with Gasteiger partial charge in [0.1, 0.15) is 24.0 Å². The molecule has 0 atom stereocenters. The fraction of sp³-hybridized carbons (Fsp3) is 0.120. The summed E-state index contributed by atoms with van der Waals surface area (Å²) < 4.78 is 5.91. The molecular formula is C25H20Cl2N2O2. The topological polar surface area (TPSA) is 62.1 Å². The molecule has 0 bridgehead atoms. The largest absolute Gasteiger partial charge is 0.488 e. The number of hydrogen-bond acceptors (Lipinski definition) is 3. The van der Waals surface area contributed by atoms with Crippen molar-refractivity contribution in [2.75, 3.05) is 5.32 Å². The molecular weight excluding hydrogens is 431 g/mol. The van der Waals surface area contributed by atoms with Gasteiger partial charge in [0.2, 0.25) is 0 Å². The van der Waals surface area contributed by atoms with Crippen molar-refractivity contribution in [3.63, 3.8) is 0 Å². The lowest BCUT2D eigenvalue weighted by molar-refractivity contribution is -0.112. The van der Waals surface area contributed by atoms with E-state index in [1.165, 1.54) is 6.08 Å². The molecule has 0 saturated carbocycles. The second-order valence-corrected chi connectivity index (χ2v) is 7.84. The van der Waals surface area contributed by atoms with Crippen LogP contribution in [0.4, 0.5) is 5.69 Å². The van der Waals surface area contributed by atoms with Crippen LogP contribution in [0.1, 0.15) is 22.3 Å². The van der Waals surface area contributed by atoms with Crippen molar-refractivity contribution in [2.45, 2.75) is 20.5 Å². The number of nitrogens with one attached hydrogen (secondary N) is 1. The van der Waals surface area contributed by atoms with E-state index < -0.39 is 5.91 Å². The number of carbonyl (C=O) groups is 1. The van der Waals surface area contributed by atoms with Crippen LogP contribution in [0.5, 0.6) is 5.75 Å². The van der Waals surface area contributed by atoms with Crippen LogP contribution in [0.3, 0.4) is 0 Å². The summed E-state index contributed by atoms with van der Waals surface area (Å²) in [6.07, 6.45) is 1.48. The molecule has 0 spiro atoms. The molecule has 0 aliphatic heterocycles. The zero-order valence-corrected chi connectivity index (χ0v) is 18.6. The molecule has 156 valence electrons. The Bertz CT molecular complexity index is 1180. The van der Waals surface area contributed by atoms with Crippen molar-refractivity contribution in [3.05, 3.63) is 98.5 Å². The molecule has 31 heavy (non-hydrogen) atoms. The van der Waals surface area contributed by atoms with Gasteiger partial charge in [0.15, 0.2) is 0 Å². The molecule has 0 aliphatic carbocycles. The average molecular weight is 451 g/mol. The van der Waals surface area contributed by atoms with Crippen LogP contribution in [0.15, 0.2) is 66.2 Å². The molecule has 3 aromatic carbocycles. The minimum absolute atomic E-state index is 0.0560. The van der Waals surface area contributed by atoms with E-state index in [1.54, 1.807) is 36.4 Å². The van der Waals surface area contributed by atoms with Crippen molar-refractivity contribution < 1.29 is 9.53 Å². The van der Waals surface area contributed by atoms with Gasteiger partial charge in [-0.05, 0) is 73.0 Å². The third kappa shape index (κ3) is 5.88. The number of halogens is 2. The number of aryl methyl sites for hydroxylation is 1. The molecule has 1 amide bonds. The van der Waals surface area contributed by atoms with Crippen LogP contribution >= 0.6 is 23.2 Å². The second kappa shape index (κ2) is 10.2. The van der Waals surface area contributed by atoms with E-state index in [0.29, 0.717) is 33.7 Å². The normalized spacial score (nSPS) is 11.0. The van der Waals surface area contributed by atoms with E-state index in [2.05, 4.69) is 5.32 Å². The average Bonchev–Trinajstić information content (AvgIpc) is 2.75. The Labute approximate surface area is 191 Å². The molecule has 0 radical (unpaired) electrons. The minimum Gasteiger partial charge on any atom is -0.488 e.